The van der Waals surface area contributed by atoms with Gasteiger partial charge in [-0.1, -0.05) is 35.5 Å². The lowest BCUT2D eigenvalue weighted by Gasteiger charge is -2.15. The van der Waals surface area contributed by atoms with Crippen molar-refractivity contribution in [1.82, 2.24) is 25.0 Å². The number of benzene rings is 2. The molecule has 34 heavy (non-hydrogen) atoms. The Morgan fingerprint density at radius 1 is 1.15 bits per heavy atom. The van der Waals surface area contributed by atoms with Crippen LogP contribution in [0.3, 0.4) is 0 Å². The summed E-state index contributed by atoms with van der Waals surface area (Å²) in [7, 11) is 0. The Labute approximate surface area is 195 Å². The zero-order chi connectivity index (χ0) is 23.5. The van der Waals surface area contributed by atoms with E-state index in [2.05, 4.69) is 25.6 Å². The Morgan fingerprint density at radius 3 is 2.68 bits per heavy atom. The normalized spacial score (nSPS) is 16.4. The Bertz CT molecular complexity index is 1290. The Kier molecular flexibility index (Phi) is 6.09. The number of nitrogens with one attached hydrogen (secondary N) is 1. The van der Waals surface area contributed by atoms with Crippen LogP contribution in [0.1, 0.15) is 29.7 Å². The topological polar surface area (TPSA) is 94.8 Å². The third-order valence-electron chi connectivity index (χ3n) is 5.82. The maximum absolute atomic E-state index is 13.5. The van der Waals surface area contributed by atoms with Crippen molar-refractivity contribution in [3.05, 3.63) is 78.2 Å². The molecule has 2 aromatic heterocycles. The zero-order valence-electron chi connectivity index (χ0n) is 18.6. The molecule has 0 aliphatic carbocycles. The molecule has 0 bridgehead atoms. The number of rotatable bonds is 6. The van der Waals surface area contributed by atoms with Gasteiger partial charge in [-0.3, -0.25) is 4.79 Å². The molecular formula is C25H23FN6O2. The van der Waals surface area contributed by atoms with Gasteiger partial charge in [-0.25, -0.2) is 14.4 Å². The van der Waals surface area contributed by atoms with E-state index < -0.39 is 0 Å². The van der Waals surface area contributed by atoms with E-state index >= 15 is 0 Å². The fourth-order valence-electron chi connectivity index (χ4n) is 3.95. The first kappa shape index (κ1) is 21.8. The second-order valence-electron chi connectivity index (χ2n) is 8.15. The van der Waals surface area contributed by atoms with Gasteiger partial charge in [0.1, 0.15) is 17.2 Å². The van der Waals surface area contributed by atoms with Crippen LogP contribution < -0.4 is 5.32 Å². The average Bonchev–Trinajstić information content (AvgIpc) is 3.56. The van der Waals surface area contributed by atoms with Crippen molar-refractivity contribution in [1.29, 1.82) is 0 Å². The summed E-state index contributed by atoms with van der Waals surface area (Å²) in [5.74, 6) is -0.471. The summed E-state index contributed by atoms with van der Waals surface area (Å²) in [5.41, 5.74) is 3.07. The van der Waals surface area contributed by atoms with E-state index in [0.717, 1.165) is 5.56 Å². The van der Waals surface area contributed by atoms with Crippen LogP contribution in [-0.2, 0) is 4.74 Å². The van der Waals surface area contributed by atoms with E-state index in [1.807, 2.05) is 37.3 Å². The largest absolute Gasteiger partial charge is 0.381 e. The molecule has 0 radical (unpaired) electrons. The van der Waals surface area contributed by atoms with Crippen molar-refractivity contribution in [3.8, 4) is 22.6 Å². The first-order valence-corrected chi connectivity index (χ1v) is 11.1. The molecule has 1 saturated heterocycles. The predicted molar refractivity (Wildman–Crippen MR) is 124 cm³/mol. The lowest BCUT2D eigenvalue weighted by Crippen LogP contribution is -2.24. The molecule has 1 unspecified atom stereocenters. The number of ether oxygens (including phenoxy) is 1. The van der Waals surface area contributed by atoms with Gasteiger partial charge in [0.15, 0.2) is 0 Å². The molecule has 2 atom stereocenters. The summed E-state index contributed by atoms with van der Waals surface area (Å²) in [6, 6.07) is 17.5. The quantitative estimate of drug-likeness (QED) is 0.458. The highest BCUT2D eigenvalue weighted by Crippen LogP contribution is 2.31. The lowest BCUT2D eigenvalue weighted by molar-refractivity contribution is 0.0798. The van der Waals surface area contributed by atoms with Gasteiger partial charge in [-0.05, 0) is 49.2 Å². The second-order valence-corrected chi connectivity index (χ2v) is 8.15. The number of carbonyl (C=O) groups excluding carboxylic acids is 1. The Hall–Kier alpha value is -3.98. The first-order chi connectivity index (χ1) is 16.6. The second kappa shape index (κ2) is 9.48. The summed E-state index contributed by atoms with van der Waals surface area (Å²) < 4.78 is 20.2. The van der Waals surface area contributed by atoms with E-state index in [4.69, 9.17) is 4.74 Å². The zero-order valence-corrected chi connectivity index (χ0v) is 18.6. The van der Waals surface area contributed by atoms with Crippen molar-refractivity contribution in [2.24, 2.45) is 5.92 Å². The summed E-state index contributed by atoms with van der Waals surface area (Å²) in [4.78, 5) is 22.3. The standard InChI is InChI=1S/C25H23FN6O2/c1-16(17-5-3-2-4-6-17)28-25-27-13-11-21(29-25)23-22(18-7-9-20(26)10-8-18)30-31-32(23)24(33)19-12-14-34-15-19/h2-11,13,16,19H,12,14-15H2,1H3,(H,27,28,29)/t16-,19?/m0/s1. The van der Waals surface area contributed by atoms with Crippen LogP contribution in [0.15, 0.2) is 66.9 Å². The van der Waals surface area contributed by atoms with Crippen LogP contribution in [0.4, 0.5) is 10.3 Å². The fourth-order valence-corrected chi connectivity index (χ4v) is 3.95. The summed E-state index contributed by atoms with van der Waals surface area (Å²) in [6.45, 7) is 2.89. The van der Waals surface area contributed by atoms with Crippen molar-refractivity contribution in [2.75, 3.05) is 18.5 Å². The number of hydrogen-bond donors (Lipinski definition) is 1. The van der Waals surface area contributed by atoms with Crippen molar-refractivity contribution in [3.63, 3.8) is 0 Å². The Balaban J connectivity index is 1.55. The van der Waals surface area contributed by atoms with Gasteiger partial charge in [-0.2, -0.15) is 4.68 Å². The maximum Gasteiger partial charge on any atom is 0.254 e. The summed E-state index contributed by atoms with van der Waals surface area (Å²) >= 11 is 0. The van der Waals surface area contributed by atoms with Crippen LogP contribution in [0.5, 0.6) is 0 Å². The molecule has 1 aliphatic rings. The van der Waals surface area contributed by atoms with Gasteiger partial charge < -0.3 is 10.1 Å². The van der Waals surface area contributed by atoms with Crippen molar-refractivity contribution >= 4 is 11.9 Å². The molecular weight excluding hydrogens is 435 g/mol. The van der Waals surface area contributed by atoms with E-state index in [1.54, 1.807) is 24.4 Å². The van der Waals surface area contributed by atoms with Crippen LogP contribution in [0.2, 0.25) is 0 Å². The molecule has 172 valence electrons. The van der Waals surface area contributed by atoms with Crippen molar-refractivity contribution in [2.45, 2.75) is 19.4 Å². The van der Waals surface area contributed by atoms with Crippen molar-refractivity contribution < 1.29 is 13.9 Å². The molecule has 4 aromatic rings. The molecule has 0 saturated carbocycles. The molecule has 8 nitrogen and oxygen atoms in total. The highest BCUT2D eigenvalue weighted by molar-refractivity contribution is 5.89. The van der Waals surface area contributed by atoms with Gasteiger partial charge >= 0.3 is 0 Å². The SMILES string of the molecule is C[C@H](Nc1nccc(-c2c(-c3ccc(F)cc3)nnn2C(=O)C2CCOC2)n1)c1ccccc1. The highest BCUT2D eigenvalue weighted by atomic mass is 19.1. The van der Waals surface area contributed by atoms with Crippen LogP contribution in [0.25, 0.3) is 22.6 Å². The van der Waals surface area contributed by atoms with E-state index in [9.17, 15) is 9.18 Å². The number of carbonyl (C=O) groups is 1. The molecule has 9 heteroatoms. The minimum absolute atomic E-state index is 0.0340. The Morgan fingerprint density at radius 2 is 1.94 bits per heavy atom. The highest BCUT2D eigenvalue weighted by Gasteiger charge is 2.30. The molecule has 0 amide bonds. The number of nitrogens with zero attached hydrogens (tertiary/aromatic N) is 5. The molecule has 1 N–H and O–H groups in total. The molecule has 1 fully saturated rings. The van der Waals surface area contributed by atoms with Gasteiger partial charge in [0.05, 0.1) is 24.3 Å². The first-order valence-electron chi connectivity index (χ1n) is 11.1. The van der Waals surface area contributed by atoms with E-state index in [-0.39, 0.29) is 23.7 Å². The van der Waals surface area contributed by atoms with Gasteiger partial charge in [-0.15, -0.1) is 5.10 Å². The third-order valence-corrected chi connectivity index (χ3v) is 5.82. The molecule has 2 aromatic carbocycles. The van der Waals surface area contributed by atoms with Crippen LogP contribution in [0, 0.1) is 11.7 Å². The number of aromatic nitrogens is 5. The lowest BCUT2D eigenvalue weighted by atomic mass is 10.1. The molecule has 1 aliphatic heterocycles. The minimum Gasteiger partial charge on any atom is -0.381 e. The van der Waals surface area contributed by atoms with E-state index in [1.165, 1.54) is 16.8 Å². The monoisotopic (exact) mass is 458 g/mol. The fraction of sp³-hybridized carbons (Fsp3) is 0.240. The van der Waals surface area contributed by atoms with E-state index in [0.29, 0.717) is 48.2 Å². The number of halogens is 1. The minimum atomic E-state index is -0.361. The summed E-state index contributed by atoms with van der Waals surface area (Å²) in [5, 5.41) is 11.7. The third kappa shape index (κ3) is 4.42. The number of anilines is 1. The van der Waals surface area contributed by atoms with Gasteiger partial charge in [0.25, 0.3) is 5.91 Å². The van der Waals surface area contributed by atoms with Crippen LogP contribution >= 0.6 is 0 Å². The smallest absolute Gasteiger partial charge is 0.254 e. The molecule has 5 rings (SSSR count). The molecule has 3 heterocycles. The van der Waals surface area contributed by atoms with Gasteiger partial charge in [0.2, 0.25) is 5.95 Å². The maximum atomic E-state index is 13.5. The summed E-state index contributed by atoms with van der Waals surface area (Å²) in [6.07, 6.45) is 2.24. The predicted octanol–water partition coefficient (Wildman–Crippen LogP) is 4.39. The molecule has 0 spiro atoms. The average molecular weight is 458 g/mol. The van der Waals surface area contributed by atoms with Gasteiger partial charge in [0, 0.05) is 18.4 Å². The number of hydrogen-bond acceptors (Lipinski definition) is 7. The van der Waals surface area contributed by atoms with Crippen LogP contribution in [-0.4, -0.2) is 44.1 Å².